The van der Waals surface area contributed by atoms with E-state index in [2.05, 4.69) is 90.4 Å². The first-order valence-corrected chi connectivity index (χ1v) is 21.5. The molecule has 5 heterocycles. The largest absolute Gasteiger partial charge is 0.359 e. The number of aromatic nitrogens is 4. The number of H-pyrrole nitrogens is 2. The Morgan fingerprint density at radius 2 is 1.38 bits per heavy atom. The summed E-state index contributed by atoms with van der Waals surface area (Å²) < 4.78 is 10.3. The third kappa shape index (κ3) is 9.40. The molecular weight excluding hydrogens is 753 g/mol. The number of imidazole rings is 2. The first-order chi connectivity index (χ1) is 29.5. The topological polar surface area (TPSA) is 132 Å². The number of ether oxygens (including phenoxy) is 2. The number of likely N-dealkylation sites (tertiary alicyclic amines) is 3. The summed E-state index contributed by atoms with van der Waals surface area (Å²) in [6.07, 6.45) is 11.4. The minimum atomic E-state index is -0.335. The summed E-state index contributed by atoms with van der Waals surface area (Å²) in [6, 6.07) is 26.2. The molecule has 3 saturated heterocycles. The molecule has 2 amide bonds. The predicted octanol–water partition coefficient (Wildman–Crippen LogP) is 7.37. The number of carbonyl (C=O) groups excluding carboxylic acids is 2. The molecule has 4 unspecified atom stereocenters. The van der Waals surface area contributed by atoms with E-state index in [-0.39, 0.29) is 49.5 Å². The normalized spacial score (nSPS) is 19.2. The van der Waals surface area contributed by atoms with Crippen LogP contribution in [0.2, 0.25) is 0 Å². The van der Waals surface area contributed by atoms with E-state index in [1.807, 2.05) is 48.4 Å². The van der Waals surface area contributed by atoms with Crippen molar-refractivity contribution in [2.75, 3.05) is 46.8 Å². The highest BCUT2D eigenvalue weighted by Gasteiger charge is 2.39. The Balaban J connectivity index is 0.887. The van der Waals surface area contributed by atoms with Gasteiger partial charge in [-0.1, -0.05) is 86.0 Å². The fourth-order valence-corrected chi connectivity index (χ4v) is 8.95. The Kier molecular flexibility index (Phi) is 13.5. The number of nitrogens with zero attached hydrogens (tertiary/aromatic N) is 5. The molecule has 0 saturated carbocycles. The Bertz CT molecular complexity index is 2240. The summed E-state index contributed by atoms with van der Waals surface area (Å²) in [5, 5.41) is 3.19. The van der Waals surface area contributed by atoms with Crippen LogP contribution in [0.1, 0.15) is 105 Å². The number of piperidine rings is 1. The summed E-state index contributed by atoms with van der Waals surface area (Å²) in [4.78, 5) is 50.5. The van der Waals surface area contributed by atoms with Crippen molar-refractivity contribution in [3.05, 3.63) is 120 Å². The van der Waals surface area contributed by atoms with Crippen LogP contribution in [0.25, 0.3) is 22.4 Å². The van der Waals surface area contributed by atoms with Gasteiger partial charge in [0.1, 0.15) is 30.2 Å². The van der Waals surface area contributed by atoms with E-state index in [1.165, 1.54) is 6.42 Å². The molecular formula is C48H56N8O4. The molecule has 3 aliphatic rings. The van der Waals surface area contributed by atoms with E-state index >= 15 is 0 Å². The molecule has 3 aromatic carbocycles. The van der Waals surface area contributed by atoms with Crippen LogP contribution in [0.15, 0.2) is 91.3 Å². The number of hydrogen-bond donors (Lipinski definition) is 3. The van der Waals surface area contributed by atoms with E-state index in [1.54, 1.807) is 13.3 Å². The van der Waals surface area contributed by atoms with E-state index < -0.39 is 0 Å². The van der Waals surface area contributed by atoms with Crippen molar-refractivity contribution < 1.29 is 19.1 Å². The Morgan fingerprint density at radius 1 is 0.750 bits per heavy atom. The lowest BCUT2D eigenvalue weighted by molar-refractivity contribution is -0.139. The molecule has 0 bridgehead atoms. The molecule has 12 nitrogen and oxygen atoms in total. The van der Waals surface area contributed by atoms with Crippen LogP contribution in [-0.4, -0.2) is 99.3 Å². The second-order valence-corrected chi connectivity index (χ2v) is 16.0. The first kappa shape index (κ1) is 41.2. The quantitative estimate of drug-likeness (QED) is 0.0603. The van der Waals surface area contributed by atoms with Gasteiger partial charge in [0.15, 0.2) is 0 Å². The zero-order valence-corrected chi connectivity index (χ0v) is 34.7. The van der Waals surface area contributed by atoms with E-state index in [4.69, 9.17) is 14.5 Å². The number of aromatic amines is 2. The molecule has 8 rings (SSSR count). The van der Waals surface area contributed by atoms with Crippen LogP contribution in [0.5, 0.6) is 0 Å². The number of carbonyl (C=O) groups is 2. The Hall–Kier alpha value is -5.58. The molecule has 3 aliphatic heterocycles. The van der Waals surface area contributed by atoms with Crippen molar-refractivity contribution in [3.8, 4) is 34.2 Å². The van der Waals surface area contributed by atoms with Crippen molar-refractivity contribution in [2.24, 2.45) is 0 Å². The van der Waals surface area contributed by atoms with Gasteiger partial charge < -0.3 is 29.2 Å². The number of benzene rings is 3. The Morgan fingerprint density at radius 3 is 2.07 bits per heavy atom. The zero-order valence-electron chi connectivity index (χ0n) is 34.7. The van der Waals surface area contributed by atoms with Crippen molar-refractivity contribution in [1.29, 1.82) is 0 Å². The fourth-order valence-electron chi connectivity index (χ4n) is 8.95. The molecule has 312 valence electrons. The molecule has 3 fully saturated rings. The maximum Gasteiger partial charge on any atom is 0.245 e. The number of methoxy groups -OCH3 is 1. The number of hydrogen-bond acceptors (Lipinski definition) is 8. The van der Waals surface area contributed by atoms with Crippen LogP contribution < -0.4 is 5.32 Å². The highest BCUT2D eigenvalue weighted by Crippen LogP contribution is 2.37. The molecule has 4 atom stereocenters. The van der Waals surface area contributed by atoms with E-state index in [0.717, 1.165) is 103 Å². The SMILES string of the molecule is CCC(NCOCOC)C(=O)N1CCCC1c1ncc(C#Cc2ccc(-c3ccc(-c4cnc(C5CCCN5C(=O)C(c5ccccc5)N5CCCCC5)[nH]4)cc3)cc2)[nH]1. The maximum absolute atomic E-state index is 14.3. The van der Waals surface area contributed by atoms with Crippen molar-refractivity contribution in [2.45, 2.75) is 82.5 Å². The minimum Gasteiger partial charge on any atom is -0.359 e. The average molecular weight is 809 g/mol. The summed E-state index contributed by atoms with van der Waals surface area (Å²) in [5.74, 6) is 8.33. The third-order valence-electron chi connectivity index (χ3n) is 12.1. The van der Waals surface area contributed by atoms with Crippen molar-refractivity contribution in [3.63, 3.8) is 0 Å². The van der Waals surface area contributed by atoms with Gasteiger partial charge in [0, 0.05) is 25.8 Å². The fraction of sp³-hybridized carbons (Fsp3) is 0.417. The molecule has 3 N–H and O–H groups in total. The highest BCUT2D eigenvalue weighted by atomic mass is 16.7. The van der Waals surface area contributed by atoms with Gasteiger partial charge in [-0.15, -0.1) is 0 Å². The molecule has 12 heteroatoms. The maximum atomic E-state index is 14.3. The van der Waals surface area contributed by atoms with E-state index in [0.29, 0.717) is 18.7 Å². The lowest BCUT2D eigenvalue weighted by atomic mass is 10.00. The first-order valence-electron chi connectivity index (χ1n) is 21.5. The molecule has 2 aromatic heterocycles. The number of nitrogens with one attached hydrogen (secondary N) is 3. The van der Waals surface area contributed by atoms with Crippen LogP contribution in [0.3, 0.4) is 0 Å². The molecule has 0 aliphatic carbocycles. The molecule has 0 radical (unpaired) electrons. The zero-order chi connectivity index (χ0) is 41.3. The number of amides is 2. The Labute approximate surface area is 353 Å². The average Bonchev–Trinajstić information content (AvgIpc) is 4.14. The van der Waals surface area contributed by atoms with Gasteiger partial charge in [0.25, 0.3) is 0 Å². The predicted molar refractivity (Wildman–Crippen MR) is 231 cm³/mol. The molecule has 60 heavy (non-hydrogen) atoms. The highest BCUT2D eigenvalue weighted by molar-refractivity contribution is 5.84. The molecule has 5 aromatic rings. The van der Waals surface area contributed by atoms with Gasteiger partial charge in [-0.05, 0) is 98.3 Å². The second kappa shape index (κ2) is 19.7. The van der Waals surface area contributed by atoms with Gasteiger partial charge in [-0.25, -0.2) is 9.97 Å². The summed E-state index contributed by atoms with van der Waals surface area (Å²) in [7, 11) is 1.57. The smallest absolute Gasteiger partial charge is 0.245 e. The summed E-state index contributed by atoms with van der Waals surface area (Å²) in [6.45, 7) is 5.76. The number of rotatable bonds is 14. The van der Waals surface area contributed by atoms with Crippen LogP contribution >= 0.6 is 0 Å². The van der Waals surface area contributed by atoms with Crippen LogP contribution in [-0.2, 0) is 19.1 Å². The lowest BCUT2D eigenvalue weighted by Gasteiger charge is -2.37. The lowest BCUT2D eigenvalue weighted by Crippen LogP contribution is -2.46. The summed E-state index contributed by atoms with van der Waals surface area (Å²) >= 11 is 0. The summed E-state index contributed by atoms with van der Waals surface area (Å²) in [5.41, 5.74) is 6.87. The van der Waals surface area contributed by atoms with Gasteiger partial charge in [-0.3, -0.25) is 19.8 Å². The monoisotopic (exact) mass is 808 g/mol. The van der Waals surface area contributed by atoms with Gasteiger partial charge in [-0.2, -0.15) is 0 Å². The second-order valence-electron chi connectivity index (χ2n) is 16.0. The van der Waals surface area contributed by atoms with Gasteiger partial charge >= 0.3 is 0 Å². The van der Waals surface area contributed by atoms with Crippen molar-refractivity contribution >= 4 is 11.8 Å². The van der Waals surface area contributed by atoms with Crippen LogP contribution in [0.4, 0.5) is 0 Å². The van der Waals surface area contributed by atoms with E-state index in [9.17, 15) is 9.59 Å². The van der Waals surface area contributed by atoms with Gasteiger partial charge in [0.05, 0.1) is 42.9 Å². The van der Waals surface area contributed by atoms with Crippen molar-refractivity contribution in [1.82, 2.24) is 40.0 Å². The van der Waals surface area contributed by atoms with Gasteiger partial charge in [0.2, 0.25) is 11.8 Å². The standard InChI is InChI=1S/C48H56N8O4/c1-3-40(51-32-60-33-59-2)47(57)55-28-10-14-42(55)45-49-30-39(52-45)25-18-34-16-19-35(20-17-34)36-21-23-37(24-22-36)41-31-50-46(53-41)43-15-11-29-56(43)48(58)44(38-12-6-4-7-13-38)54-26-8-5-9-27-54/h4,6-7,12-13,16-17,19-24,30-31,40,42-44,51H,3,5,8-11,14-15,26-29,32-33H2,1-2H3,(H,49,52)(H,50,53). The molecule has 0 spiro atoms. The third-order valence-corrected chi connectivity index (χ3v) is 12.1. The minimum absolute atomic E-state index is 0.0520. The van der Waals surface area contributed by atoms with Crippen LogP contribution in [0, 0.1) is 11.8 Å².